The Morgan fingerprint density at radius 2 is 1.96 bits per heavy atom. The Bertz CT molecular complexity index is 603. The minimum atomic E-state index is -0.515. The van der Waals surface area contributed by atoms with Crippen LogP contribution in [0.2, 0.25) is 0 Å². The molecular formula is C16H27ClN6O3. The minimum absolute atomic E-state index is 0. The van der Waals surface area contributed by atoms with Crippen molar-refractivity contribution in [3.8, 4) is 0 Å². The molecule has 3 rings (SSSR count). The summed E-state index contributed by atoms with van der Waals surface area (Å²) in [5.74, 6) is -0.0457. The highest BCUT2D eigenvalue weighted by atomic mass is 35.5. The largest absolute Gasteiger partial charge is 0.364 e. The van der Waals surface area contributed by atoms with Gasteiger partial charge in [0.15, 0.2) is 0 Å². The molecule has 0 unspecified atom stereocenters. The first kappa shape index (κ1) is 20.6. The third-order valence-electron chi connectivity index (χ3n) is 4.69. The first-order valence-electron chi connectivity index (χ1n) is 8.99. The Labute approximate surface area is 159 Å². The molecule has 26 heavy (non-hydrogen) atoms. The molecule has 0 spiro atoms. The molecule has 2 aliphatic heterocycles. The first-order chi connectivity index (χ1) is 12.2. The van der Waals surface area contributed by atoms with Crippen LogP contribution in [0.1, 0.15) is 38.5 Å². The van der Waals surface area contributed by atoms with Gasteiger partial charge in [-0.1, -0.05) is 12.8 Å². The van der Waals surface area contributed by atoms with E-state index < -0.39 is 6.10 Å². The van der Waals surface area contributed by atoms with Crippen LogP contribution in [0.4, 0.5) is 5.95 Å². The van der Waals surface area contributed by atoms with Crippen molar-refractivity contribution in [2.75, 3.05) is 25.0 Å². The summed E-state index contributed by atoms with van der Waals surface area (Å²) >= 11 is 0. The predicted octanol–water partition coefficient (Wildman–Crippen LogP) is 0.547. The lowest BCUT2D eigenvalue weighted by Gasteiger charge is -2.19. The monoisotopic (exact) mass is 386 g/mol. The molecule has 2 atom stereocenters. The lowest BCUT2D eigenvalue weighted by atomic mass is 10.2. The van der Waals surface area contributed by atoms with Gasteiger partial charge in [-0.25, -0.2) is 9.67 Å². The van der Waals surface area contributed by atoms with Crippen LogP contribution in [0.5, 0.6) is 0 Å². The zero-order valence-corrected chi connectivity index (χ0v) is 15.6. The molecule has 2 aliphatic rings. The van der Waals surface area contributed by atoms with Gasteiger partial charge in [0.1, 0.15) is 19.0 Å². The summed E-state index contributed by atoms with van der Waals surface area (Å²) in [4.78, 5) is 30.4. The van der Waals surface area contributed by atoms with Gasteiger partial charge in [0.05, 0.1) is 6.10 Å². The van der Waals surface area contributed by atoms with Crippen LogP contribution in [0.15, 0.2) is 6.33 Å². The SMILES string of the molecule is Cl.NC[C@H]1CC[C@@H](C(=O)Nc2ncn(CC(=O)N3CCCCCC3)n2)O1. The molecule has 0 saturated carbocycles. The van der Waals surface area contributed by atoms with Gasteiger partial charge in [0, 0.05) is 19.6 Å². The van der Waals surface area contributed by atoms with Crippen molar-refractivity contribution in [3.05, 3.63) is 6.33 Å². The topological polar surface area (TPSA) is 115 Å². The van der Waals surface area contributed by atoms with Crippen molar-refractivity contribution in [1.82, 2.24) is 19.7 Å². The molecule has 0 radical (unpaired) electrons. The van der Waals surface area contributed by atoms with Crippen LogP contribution < -0.4 is 11.1 Å². The van der Waals surface area contributed by atoms with Crippen LogP contribution in [-0.4, -0.2) is 63.3 Å². The van der Waals surface area contributed by atoms with Crippen molar-refractivity contribution in [2.45, 2.75) is 57.3 Å². The van der Waals surface area contributed by atoms with Gasteiger partial charge < -0.3 is 15.4 Å². The molecule has 10 heteroatoms. The lowest BCUT2D eigenvalue weighted by molar-refractivity contribution is -0.132. The maximum Gasteiger partial charge on any atom is 0.255 e. The fourth-order valence-electron chi connectivity index (χ4n) is 3.25. The zero-order chi connectivity index (χ0) is 17.6. The maximum atomic E-state index is 12.3. The highest BCUT2D eigenvalue weighted by Crippen LogP contribution is 2.19. The molecular weight excluding hydrogens is 360 g/mol. The van der Waals surface area contributed by atoms with Gasteiger partial charge in [-0.3, -0.25) is 14.9 Å². The second-order valence-corrected chi connectivity index (χ2v) is 6.61. The number of nitrogens with zero attached hydrogens (tertiary/aromatic N) is 4. The van der Waals surface area contributed by atoms with Gasteiger partial charge >= 0.3 is 0 Å². The zero-order valence-electron chi connectivity index (χ0n) is 14.8. The Hall–Kier alpha value is -1.71. The minimum Gasteiger partial charge on any atom is -0.364 e. The smallest absolute Gasteiger partial charge is 0.255 e. The normalized spacial score (nSPS) is 23.2. The van der Waals surface area contributed by atoms with Crippen molar-refractivity contribution in [1.29, 1.82) is 0 Å². The fraction of sp³-hybridized carbons (Fsp3) is 0.750. The van der Waals surface area contributed by atoms with E-state index in [2.05, 4.69) is 15.4 Å². The highest BCUT2D eigenvalue weighted by molar-refractivity contribution is 5.92. The molecule has 146 valence electrons. The molecule has 2 fully saturated rings. The Balaban J connectivity index is 0.00000243. The summed E-state index contributed by atoms with van der Waals surface area (Å²) < 4.78 is 7.01. The van der Waals surface area contributed by atoms with Crippen LogP contribution >= 0.6 is 12.4 Å². The number of aromatic nitrogens is 3. The molecule has 3 heterocycles. The number of halogens is 1. The number of amides is 2. The van der Waals surface area contributed by atoms with Crippen LogP contribution in [0, 0.1) is 0 Å². The number of carbonyl (C=O) groups excluding carboxylic acids is 2. The van der Waals surface area contributed by atoms with Crippen LogP contribution in [0.3, 0.4) is 0 Å². The third kappa shape index (κ3) is 5.39. The molecule has 0 aliphatic carbocycles. The number of hydrogen-bond donors (Lipinski definition) is 2. The van der Waals surface area contributed by atoms with E-state index in [0.29, 0.717) is 13.0 Å². The van der Waals surface area contributed by atoms with E-state index in [9.17, 15) is 9.59 Å². The second kappa shape index (κ2) is 9.84. The summed E-state index contributed by atoms with van der Waals surface area (Å²) in [6.45, 7) is 2.16. The van der Waals surface area contributed by atoms with E-state index in [-0.39, 0.29) is 42.8 Å². The number of nitrogens with two attached hydrogens (primary N) is 1. The summed E-state index contributed by atoms with van der Waals surface area (Å²) in [6.07, 6.45) is 6.76. The van der Waals surface area contributed by atoms with E-state index in [0.717, 1.165) is 32.4 Å². The van der Waals surface area contributed by atoms with Gasteiger partial charge in [0.2, 0.25) is 11.9 Å². The first-order valence-corrected chi connectivity index (χ1v) is 8.99. The van der Waals surface area contributed by atoms with Gasteiger partial charge in [0.25, 0.3) is 5.91 Å². The molecule has 0 bridgehead atoms. The summed E-state index contributed by atoms with van der Waals surface area (Å²) in [6, 6.07) is 0. The molecule has 3 N–H and O–H groups in total. The van der Waals surface area contributed by atoms with Gasteiger partial charge in [-0.05, 0) is 25.7 Å². The molecule has 0 aromatic carbocycles. The Kier molecular flexibility index (Phi) is 7.80. The molecule has 1 aromatic rings. The molecule has 2 saturated heterocycles. The van der Waals surface area contributed by atoms with Crippen molar-refractivity contribution >= 4 is 30.2 Å². The van der Waals surface area contributed by atoms with E-state index in [1.807, 2.05) is 4.90 Å². The number of anilines is 1. The average molecular weight is 387 g/mol. The van der Waals surface area contributed by atoms with Crippen LogP contribution in [-0.2, 0) is 20.9 Å². The number of nitrogens with one attached hydrogen (secondary N) is 1. The van der Waals surface area contributed by atoms with Gasteiger partial charge in [-0.2, -0.15) is 0 Å². The van der Waals surface area contributed by atoms with Crippen molar-refractivity contribution in [3.63, 3.8) is 0 Å². The molecule has 2 amide bonds. The fourth-order valence-corrected chi connectivity index (χ4v) is 3.25. The van der Waals surface area contributed by atoms with E-state index in [1.165, 1.54) is 23.9 Å². The standard InChI is InChI=1S/C16H26N6O3.ClH/c17-9-12-5-6-13(25-12)15(24)19-16-18-11-22(20-16)10-14(23)21-7-3-1-2-4-8-21;/h11-13H,1-10,17H2,(H,19,20,24);1H/t12-,13+;/m1./s1. The maximum absolute atomic E-state index is 12.3. The summed E-state index contributed by atoms with van der Waals surface area (Å²) in [5.41, 5.74) is 5.55. The number of ether oxygens (including phenoxy) is 1. The molecule has 1 aromatic heterocycles. The Morgan fingerprint density at radius 3 is 2.62 bits per heavy atom. The predicted molar refractivity (Wildman–Crippen MR) is 97.9 cm³/mol. The van der Waals surface area contributed by atoms with Crippen molar-refractivity contribution in [2.24, 2.45) is 5.73 Å². The molecule has 9 nitrogen and oxygen atoms in total. The average Bonchev–Trinajstić information content (AvgIpc) is 3.17. The lowest BCUT2D eigenvalue weighted by Crippen LogP contribution is -2.34. The quantitative estimate of drug-likeness (QED) is 0.763. The number of rotatable bonds is 5. The van der Waals surface area contributed by atoms with E-state index in [4.69, 9.17) is 10.5 Å². The van der Waals surface area contributed by atoms with Crippen molar-refractivity contribution < 1.29 is 14.3 Å². The van der Waals surface area contributed by atoms with E-state index >= 15 is 0 Å². The van der Waals surface area contributed by atoms with E-state index in [1.54, 1.807) is 0 Å². The third-order valence-corrected chi connectivity index (χ3v) is 4.69. The number of likely N-dealkylation sites (tertiary alicyclic amines) is 1. The number of carbonyl (C=O) groups is 2. The second-order valence-electron chi connectivity index (χ2n) is 6.61. The summed E-state index contributed by atoms with van der Waals surface area (Å²) in [5, 5.41) is 6.80. The highest BCUT2D eigenvalue weighted by Gasteiger charge is 2.30. The van der Waals surface area contributed by atoms with Gasteiger partial charge in [-0.15, -0.1) is 17.5 Å². The summed E-state index contributed by atoms with van der Waals surface area (Å²) in [7, 11) is 0. The number of hydrogen-bond acceptors (Lipinski definition) is 6. The van der Waals surface area contributed by atoms with Crippen LogP contribution in [0.25, 0.3) is 0 Å². The Morgan fingerprint density at radius 1 is 1.23 bits per heavy atom.